The van der Waals surface area contributed by atoms with Crippen molar-refractivity contribution in [3.8, 4) is 0 Å². The van der Waals surface area contributed by atoms with Crippen LogP contribution in [0, 0.1) is 0 Å². The minimum atomic E-state index is 0.541. The molecule has 2 N–H and O–H groups in total. The number of hydrogen-bond acceptors (Lipinski definition) is 4. The zero-order valence-electron chi connectivity index (χ0n) is 11.5. The fourth-order valence-electron chi connectivity index (χ4n) is 2.57. The summed E-state index contributed by atoms with van der Waals surface area (Å²) in [6, 6.07) is 12.8. The van der Waals surface area contributed by atoms with Gasteiger partial charge in [-0.3, -0.25) is 0 Å². The van der Waals surface area contributed by atoms with Crippen molar-refractivity contribution in [2.24, 2.45) is 0 Å². The van der Waals surface area contributed by atoms with Gasteiger partial charge in [-0.25, -0.2) is 4.98 Å². The Morgan fingerprint density at radius 2 is 1.85 bits per heavy atom. The third-order valence-electron chi connectivity index (χ3n) is 3.66. The number of anilines is 2. The normalized spacial score (nSPS) is 15.2. The van der Waals surface area contributed by atoms with Crippen LogP contribution in [-0.4, -0.2) is 16.0 Å². The summed E-state index contributed by atoms with van der Waals surface area (Å²) >= 11 is 0. The third kappa shape index (κ3) is 3.47. The maximum Gasteiger partial charge on any atom is 0.224 e. The Hall–Kier alpha value is -2.10. The number of nitrogens with one attached hydrogen (secondary N) is 2. The van der Waals surface area contributed by atoms with Crippen LogP contribution in [0.5, 0.6) is 0 Å². The fourth-order valence-corrected chi connectivity index (χ4v) is 2.57. The minimum absolute atomic E-state index is 0.541. The smallest absolute Gasteiger partial charge is 0.224 e. The molecule has 1 heterocycles. The summed E-state index contributed by atoms with van der Waals surface area (Å²) in [5.74, 6) is 1.60. The Balaban J connectivity index is 1.59. The first-order chi connectivity index (χ1) is 9.90. The Morgan fingerprint density at radius 3 is 2.65 bits per heavy atom. The van der Waals surface area contributed by atoms with Gasteiger partial charge in [0.1, 0.15) is 5.82 Å². The zero-order valence-corrected chi connectivity index (χ0v) is 11.5. The second kappa shape index (κ2) is 6.37. The van der Waals surface area contributed by atoms with E-state index in [0.717, 1.165) is 18.3 Å². The van der Waals surface area contributed by atoms with Gasteiger partial charge in [-0.1, -0.05) is 43.2 Å². The summed E-state index contributed by atoms with van der Waals surface area (Å²) in [6.07, 6.45) is 6.88. The molecule has 4 nitrogen and oxygen atoms in total. The Kier molecular flexibility index (Phi) is 4.11. The van der Waals surface area contributed by atoms with E-state index in [1.807, 2.05) is 24.3 Å². The van der Waals surface area contributed by atoms with Crippen LogP contribution in [0.1, 0.15) is 31.2 Å². The lowest BCUT2D eigenvalue weighted by Gasteiger charge is -2.12. The van der Waals surface area contributed by atoms with Gasteiger partial charge in [-0.2, -0.15) is 4.98 Å². The first-order valence-corrected chi connectivity index (χ1v) is 7.27. The molecular weight excluding hydrogens is 248 g/mol. The fraction of sp³-hybridized carbons (Fsp3) is 0.375. The van der Waals surface area contributed by atoms with Crippen molar-refractivity contribution in [3.63, 3.8) is 0 Å². The van der Waals surface area contributed by atoms with E-state index in [4.69, 9.17) is 0 Å². The van der Waals surface area contributed by atoms with Crippen LogP contribution in [0.25, 0.3) is 0 Å². The quantitative estimate of drug-likeness (QED) is 0.872. The second-order valence-electron chi connectivity index (χ2n) is 5.23. The lowest BCUT2D eigenvalue weighted by molar-refractivity contribution is 0.744. The highest BCUT2D eigenvalue weighted by atomic mass is 15.1. The van der Waals surface area contributed by atoms with Gasteiger partial charge in [0.05, 0.1) is 0 Å². The third-order valence-corrected chi connectivity index (χ3v) is 3.66. The monoisotopic (exact) mass is 268 g/mol. The molecule has 0 saturated heterocycles. The van der Waals surface area contributed by atoms with Crippen LogP contribution in [0.15, 0.2) is 42.6 Å². The van der Waals surface area contributed by atoms with Crippen molar-refractivity contribution < 1.29 is 0 Å². The predicted molar refractivity (Wildman–Crippen MR) is 81.7 cm³/mol. The van der Waals surface area contributed by atoms with E-state index >= 15 is 0 Å². The van der Waals surface area contributed by atoms with Crippen LogP contribution in [0.2, 0.25) is 0 Å². The first-order valence-electron chi connectivity index (χ1n) is 7.27. The maximum atomic E-state index is 4.52. The van der Waals surface area contributed by atoms with Crippen molar-refractivity contribution in [1.82, 2.24) is 9.97 Å². The van der Waals surface area contributed by atoms with Gasteiger partial charge in [0, 0.05) is 18.8 Å². The SMILES string of the molecule is c1ccc(CNc2ccnc(NC3CCCC3)n2)cc1. The minimum Gasteiger partial charge on any atom is -0.366 e. The van der Waals surface area contributed by atoms with Gasteiger partial charge in [0.25, 0.3) is 0 Å². The lowest BCUT2D eigenvalue weighted by atomic mass is 10.2. The molecule has 0 atom stereocenters. The van der Waals surface area contributed by atoms with Crippen molar-refractivity contribution in [2.75, 3.05) is 10.6 Å². The van der Waals surface area contributed by atoms with Gasteiger partial charge in [-0.05, 0) is 24.5 Å². The molecule has 1 aliphatic rings. The lowest BCUT2D eigenvalue weighted by Crippen LogP contribution is -2.17. The summed E-state index contributed by atoms with van der Waals surface area (Å²) in [6.45, 7) is 0.778. The van der Waals surface area contributed by atoms with E-state index in [1.54, 1.807) is 6.20 Å². The van der Waals surface area contributed by atoms with E-state index < -0.39 is 0 Å². The number of benzene rings is 1. The highest BCUT2D eigenvalue weighted by molar-refractivity contribution is 5.40. The molecule has 1 aliphatic carbocycles. The second-order valence-corrected chi connectivity index (χ2v) is 5.23. The predicted octanol–water partition coefficient (Wildman–Crippen LogP) is 3.44. The molecule has 4 heteroatoms. The van der Waals surface area contributed by atoms with Crippen LogP contribution in [0.4, 0.5) is 11.8 Å². The van der Waals surface area contributed by atoms with Gasteiger partial charge >= 0.3 is 0 Å². The molecule has 0 spiro atoms. The zero-order chi connectivity index (χ0) is 13.6. The molecule has 0 bridgehead atoms. The summed E-state index contributed by atoms with van der Waals surface area (Å²) < 4.78 is 0. The van der Waals surface area contributed by atoms with Gasteiger partial charge in [0.15, 0.2) is 0 Å². The highest BCUT2D eigenvalue weighted by Crippen LogP contribution is 2.21. The molecular formula is C16H20N4. The molecule has 1 aromatic heterocycles. The molecule has 0 amide bonds. The van der Waals surface area contributed by atoms with Gasteiger partial charge < -0.3 is 10.6 Å². The largest absolute Gasteiger partial charge is 0.366 e. The number of hydrogen-bond donors (Lipinski definition) is 2. The van der Waals surface area contributed by atoms with E-state index in [1.165, 1.54) is 31.2 Å². The Morgan fingerprint density at radius 1 is 1.05 bits per heavy atom. The van der Waals surface area contributed by atoms with Crippen molar-refractivity contribution >= 4 is 11.8 Å². The molecule has 0 unspecified atom stereocenters. The molecule has 20 heavy (non-hydrogen) atoms. The van der Waals surface area contributed by atoms with Crippen LogP contribution in [-0.2, 0) is 6.54 Å². The topological polar surface area (TPSA) is 49.8 Å². The molecule has 0 radical (unpaired) electrons. The van der Waals surface area contributed by atoms with Crippen LogP contribution in [0.3, 0.4) is 0 Å². The standard InChI is InChI=1S/C16H20N4/c1-2-6-13(7-3-1)12-18-15-10-11-17-16(20-15)19-14-8-4-5-9-14/h1-3,6-7,10-11,14H,4-5,8-9,12H2,(H2,17,18,19,20). The average molecular weight is 268 g/mol. The molecule has 104 valence electrons. The molecule has 1 saturated carbocycles. The van der Waals surface area contributed by atoms with Crippen molar-refractivity contribution in [3.05, 3.63) is 48.2 Å². The number of aromatic nitrogens is 2. The van der Waals surface area contributed by atoms with Crippen LogP contribution < -0.4 is 10.6 Å². The number of rotatable bonds is 5. The van der Waals surface area contributed by atoms with E-state index in [-0.39, 0.29) is 0 Å². The molecule has 0 aliphatic heterocycles. The molecule has 1 aromatic carbocycles. The summed E-state index contributed by atoms with van der Waals surface area (Å²) in [5, 5.41) is 6.75. The van der Waals surface area contributed by atoms with E-state index in [2.05, 4.69) is 32.7 Å². The Labute approximate surface area is 119 Å². The van der Waals surface area contributed by atoms with Crippen molar-refractivity contribution in [2.45, 2.75) is 38.3 Å². The van der Waals surface area contributed by atoms with Gasteiger partial charge in [-0.15, -0.1) is 0 Å². The van der Waals surface area contributed by atoms with Crippen molar-refractivity contribution in [1.29, 1.82) is 0 Å². The Bertz CT molecular complexity index is 535. The summed E-state index contributed by atoms with van der Waals surface area (Å²) in [7, 11) is 0. The average Bonchev–Trinajstić information content (AvgIpc) is 3.00. The molecule has 1 fully saturated rings. The van der Waals surface area contributed by atoms with Gasteiger partial charge in [0.2, 0.25) is 5.95 Å². The first kappa shape index (κ1) is 12.9. The summed E-state index contributed by atoms with van der Waals surface area (Å²) in [4.78, 5) is 8.81. The number of nitrogens with zero attached hydrogens (tertiary/aromatic N) is 2. The molecule has 3 rings (SSSR count). The molecule has 2 aromatic rings. The summed E-state index contributed by atoms with van der Waals surface area (Å²) in [5.41, 5.74) is 1.25. The van der Waals surface area contributed by atoms with E-state index in [9.17, 15) is 0 Å². The maximum absolute atomic E-state index is 4.52. The highest BCUT2D eigenvalue weighted by Gasteiger charge is 2.15. The van der Waals surface area contributed by atoms with Crippen LogP contribution >= 0.6 is 0 Å². The van der Waals surface area contributed by atoms with E-state index in [0.29, 0.717) is 6.04 Å².